The van der Waals surface area contributed by atoms with Gasteiger partial charge >= 0.3 is 5.97 Å². The first kappa shape index (κ1) is 7.68. The lowest BCUT2D eigenvalue weighted by Crippen LogP contribution is -2.20. The zero-order chi connectivity index (χ0) is 8.43. The van der Waals surface area contributed by atoms with E-state index in [2.05, 4.69) is 0 Å². The number of hydrogen-bond donors (Lipinski definition) is 2. The van der Waals surface area contributed by atoms with Gasteiger partial charge in [-0.2, -0.15) is 0 Å². The number of aliphatic hydroxyl groups excluding tert-OH is 1. The third kappa shape index (κ3) is 1.53. The van der Waals surface area contributed by atoms with E-state index in [1.54, 1.807) is 0 Å². The molecular formula is C7H6O4. The van der Waals surface area contributed by atoms with Crippen LogP contribution in [0.4, 0.5) is 0 Å². The average Bonchev–Trinajstić information content (AvgIpc) is 1.94. The van der Waals surface area contributed by atoms with Gasteiger partial charge in [0.1, 0.15) is 6.10 Å². The summed E-state index contributed by atoms with van der Waals surface area (Å²) < 4.78 is 0. The smallest absolute Gasteiger partial charge is 0.335 e. The summed E-state index contributed by atoms with van der Waals surface area (Å²) >= 11 is 0. The zero-order valence-corrected chi connectivity index (χ0v) is 5.52. The van der Waals surface area contributed by atoms with Crippen LogP contribution in [0.15, 0.2) is 23.8 Å². The quantitative estimate of drug-likeness (QED) is 0.533. The van der Waals surface area contributed by atoms with Gasteiger partial charge in [0.2, 0.25) is 0 Å². The number of carbonyl (C=O) groups excluding carboxylic acids is 1. The van der Waals surface area contributed by atoms with E-state index in [1.165, 1.54) is 6.08 Å². The Morgan fingerprint density at radius 1 is 1.55 bits per heavy atom. The van der Waals surface area contributed by atoms with Crippen LogP contribution in [0.3, 0.4) is 0 Å². The number of aliphatic hydroxyl groups is 1. The Balaban J connectivity index is 2.89. The van der Waals surface area contributed by atoms with E-state index in [0.29, 0.717) is 0 Å². The van der Waals surface area contributed by atoms with Gasteiger partial charge in [0.25, 0.3) is 0 Å². The summed E-state index contributed by atoms with van der Waals surface area (Å²) in [5.41, 5.74) is -0.0969. The van der Waals surface area contributed by atoms with Gasteiger partial charge in [-0.1, -0.05) is 0 Å². The van der Waals surface area contributed by atoms with Gasteiger partial charge in [-0.3, -0.25) is 4.79 Å². The largest absolute Gasteiger partial charge is 0.478 e. The van der Waals surface area contributed by atoms with Gasteiger partial charge in [0.15, 0.2) is 5.78 Å². The maximum absolute atomic E-state index is 10.7. The molecule has 1 unspecified atom stereocenters. The van der Waals surface area contributed by atoms with Crippen molar-refractivity contribution in [1.82, 2.24) is 0 Å². The van der Waals surface area contributed by atoms with Crippen LogP contribution < -0.4 is 0 Å². The highest BCUT2D eigenvalue weighted by Gasteiger charge is 2.17. The molecule has 0 saturated heterocycles. The van der Waals surface area contributed by atoms with Crippen molar-refractivity contribution in [2.24, 2.45) is 0 Å². The van der Waals surface area contributed by atoms with E-state index < -0.39 is 17.9 Å². The molecule has 0 aromatic heterocycles. The van der Waals surface area contributed by atoms with E-state index in [0.717, 1.165) is 12.2 Å². The topological polar surface area (TPSA) is 74.6 Å². The highest BCUT2D eigenvalue weighted by molar-refractivity contribution is 6.04. The van der Waals surface area contributed by atoms with Crippen LogP contribution in [0, 0.1) is 0 Å². The molecule has 1 aliphatic carbocycles. The Morgan fingerprint density at radius 3 is 2.64 bits per heavy atom. The molecule has 0 heterocycles. The highest BCUT2D eigenvalue weighted by atomic mass is 16.4. The minimum absolute atomic E-state index is 0.0969. The predicted octanol–water partition coefficient (Wildman–Crippen LogP) is -0.503. The first-order chi connectivity index (χ1) is 5.11. The third-order valence-electron chi connectivity index (χ3n) is 1.29. The monoisotopic (exact) mass is 154 g/mol. The summed E-state index contributed by atoms with van der Waals surface area (Å²) in [7, 11) is 0. The fourth-order valence-electron chi connectivity index (χ4n) is 0.709. The summed E-state index contributed by atoms with van der Waals surface area (Å²) in [6.45, 7) is 0. The second kappa shape index (κ2) is 2.67. The van der Waals surface area contributed by atoms with Gasteiger partial charge in [0.05, 0.1) is 5.57 Å². The molecule has 0 aliphatic heterocycles. The van der Waals surface area contributed by atoms with Gasteiger partial charge in [0, 0.05) is 0 Å². The Bertz CT molecular complexity index is 262. The molecular weight excluding hydrogens is 148 g/mol. The second-order valence-corrected chi connectivity index (χ2v) is 2.11. The van der Waals surface area contributed by atoms with Gasteiger partial charge in [-0.15, -0.1) is 0 Å². The van der Waals surface area contributed by atoms with Crippen LogP contribution in [0.1, 0.15) is 0 Å². The van der Waals surface area contributed by atoms with E-state index >= 15 is 0 Å². The Morgan fingerprint density at radius 2 is 2.18 bits per heavy atom. The fourth-order valence-corrected chi connectivity index (χ4v) is 0.709. The summed E-state index contributed by atoms with van der Waals surface area (Å²) in [6, 6.07) is 0. The minimum atomic E-state index is -1.18. The van der Waals surface area contributed by atoms with E-state index in [1.807, 2.05) is 0 Å². The Labute approximate surface area is 62.5 Å². The summed E-state index contributed by atoms with van der Waals surface area (Å²) in [6.07, 6.45) is 2.07. The van der Waals surface area contributed by atoms with Crippen molar-refractivity contribution in [1.29, 1.82) is 0 Å². The van der Waals surface area contributed by atoms with Gasteiger partial charge in [-0.25, -0.2) is 4.79 Å². The lowest BCUT2D eigenvalue weighted by molar-refractivity contribution is -0.132. The molecule has 0 saturated carbocycles. The summed E-state index contributed by atoms with van der Waals surface area (Å²) in [5, 5.41) is 17.2. The minimum Gasteiger partial charge on any atom is -0.478 e. The zero-order valence-electron chi connectivity index (χ0n) is 5.52. The number of ketones is 1. The van der Waals surface area contributed by atoms with Crippen LogP contribution in [-0.4, -0.2) is 28.1 Å². The molecule has 11 heavy (non-hydrogen) atoms. The van der Waals surface area contributed by atoms with Crippen molar-refractivity contribution in [3.8, 4) is 0 Å². The molecule has 4 nitrogen and oxygen atoms in total. The maximum Gasteiger partial charge on any atom is 0.335 e. The molecule has 0 fully saturated rings. The fraction of sp³-hybridized carbons (Fsp3) is 0.143. The van der Waals surface area contributed by atoms with Crippen LogP contribution in [-0.2, 0) is 9.59 Å². The number of hydrogen-bond acceptors (Lipinski definition) is 3. The van der Waals surface area contributed by atoms with Crippen molar-refractivity contribution >= 4 is 11.8 Å². The normalized spacial score (nSPS) is 23.2. The predicted molar refractivity (Wildman–Crippen MR) is 35.9 cm³/mol. The first-order valence-electron chi connectivity index (χ1n) is 2.96. The third-order valence-corrected chi connectivity index (χ3v) is 1.29. The standard InChI is InChI=1S/C7H6O4/c8-5-2-1-4(7(10)11)3-6(5)9/h1-3,5,8H,(H,10,11). The van der Waals surface area contributed by atoms with Gasteiger partial charge in [-0.05, 0) is 18.2 Å². The Hall–Kier alpha value is -1.42. The molecule has 0 radical (unpaired) electrons. The van der Waals surface area contributed by atoms with Crippen LogP contribution in [0.25, 0.3) is 0 Å². The number of carboxylic acids is 1. The molecule has 0 spiro atoms. The maximum atomic E-state index is 10.7. The lowest BCUT2D eigenvalue weighted by Gasteiger charge is -2.05. The second-order valence-electron chi connectivity index (χ2n) is 2.11. The van der Waals surface area contributed by atoms with Crippen molar-refractivity contribution < 1.29 is 19.8 Å². The molecule has 0 aromatic carbocycles. The molecule has 4 heteroatoms. The molecule has 0 aromatic rings. The highest BCUT2D eigenvalue weighted by Crippen LogP contribution is 2.07. The number of carbonyl (C=O) groups is 2. The molecule has 2 N–H and O–H groups in total. The lowest BCUT2D eigenvalue weighted by atomic mass is 10.0. The SMILES string of the molecule is O=C(O)C1=CC(=O)C(O)C=C1. The molecule has 1 rings (SSSR count). The van der Waals surface area contributed by atoms with E-state index in [9.17, 15) is 9.59 Å². The van der Waals surface area contributed by atoms with Crippen LogP contribution in [0.5, 0.6) is 0 Å². The van der Waals surface area contributed by atoms with Crippen LogP contribution >= 0.6 is 0 Å². The van der Waals surface area contributed by atoms with Crippen molar-refractivity contribution in [3.63, 3.8) is 0 Å². The van der Waals surface area contributed by atoms with Crippen molar-refractivity contribution in [3.05, 3.63) is 23.8 Å². The van der Waals surface area contributed by atoms with Crippen molar-refractivity contribution in [2.45, 2.75) is 6.10 Å². The van der Waals surface area contributed by atoms with Crippen molar-refractivity contribution in [2.75, 3.05) is 0 Å². The van der Waals surface area contributed by atoms with E-state index in [-0.39, 0.29) is 5.57 Å². The van der Waals surface area contributed by atoms with E-state index in [4.69, 9.17) is 10.2 Å². The summed E-state index contributed by atoms with van der Waals surface area (Å²) in [4.78, 5) is 20.9. The van der Waals surface area contributed by atoms with Crippen LogP contribution in [0.2, 0.25) is 0 Å². The molecule has 1 aliphatic rings. The number of carboxylic acid groups (broad SMARTS) is 1. The molecule has 58 valence electrons. The van der Waals surface area contributed by atoms with Gasteiger partial charge < -0.3 is 10.2 Å². The Kier molecular flexibility index (Phi) is 1.87. The molecule has 0 bridgehead atoms. The number of rotatable bonds is 1. The average molecular weight is 154 g/mol. The number of aliphatic carboxylic acids is 1. The molecule has 1 atom stereocenters. The summed E-state index contributed by atoms with van der Waals surface area (Å²) in [5.74, 6) is -1.76. The first-order valence-corrected chi connectivity index (χ1v) is 2.96. The molecule has 0 amide bonds.